The molecule has 6 heteroatoms. The van der Waals surface area contributed by atoms with Crippen molar-refractivity contribution in [1.29, 1.82) is 5.26 Å². The van der Waals surface area contributed by atoms with Crippen molar-refractivity contribution in [3.63, 3.8) is 0 Å². The highest BCUT2D eigenvalue weighted by Gasteiger charge is 2.13. The first-order valence-corrected chi connectivity index (χ1v) is 9.38. The number of para-hydroxylation sites is 1. The van der Waals surface area contributed by atoms with Gasteiger partial charge in [0.05, 0.1) is 5.69 Å². The third-order valence-corrected chi connectivity index (χ3v) is 5.26. The van der Waals surface area contributed by atoms with Crippen LogP contribution in [-0.4, -0.2) is 10.9 Å². The number of carbonyl (C=O) groups excluding carboxylic acids is 1. The summed E-state index contributed by atoms with van der Waals surface area (Å²) in [6, 6.07) is 9.74. The molecule has 25 heavy (non-hydrogen) atoms. The van der Waals surface area contributed by atoms with Gasteiger partial charge in [0.1, 0.15) is 16.6 Å². The van der Waals surface area contributed by atoms with Crippen LogP contribution in [0.4, 0.5) is 5.69 Å². The molecule has 0 radical (unpaired) electrons. The molecular weight excluding hydrogens is 350 g/mol. The standard InChI is InChI=1S/C19H15N3OS2/c1-12-4-3-5-13(2)17(12)22-18(23)15(9-20)8-16-11-25-19(21-16)14-6-7-24-10-14/h3-8,10-11H,1-2H3,(H,22,23)/b15-8-. The van der Waals surface area contributed by atoms with Gasteiger partial charge in [-0.05, 0) is 42.5 Å². The summed E-state index contributed by atoms with van der Waals surface area (Å²) in [6.07, 6.45) is 1.52. The third kappa shape index (κ3) is 3.85. The van der Waals surface area contributed by atoms with E-state index in [2.05, 4.69) is 10.3 Å². The van der Waals surface area contributed by atoms with Gasteiger partial charge in [-0.15, -0.1) is 11.3 Å². The van der Waals surface area contributed by atoms with Crippen LogP contribution in [0, 0.1) is 25.2 Å². The molecule has 1 N–H and O–H groups in total. The fraction of sp³-hybridized carbons (Fsp3) is 0.105. The number of aromatic nitrogens is 1. The molecule has 0 aliphatic heterocycles. The van der Waals surface area contributed by atoms with Gasteiger partial charge in [0.2, 0.25) is 0 Å². The molecule has 1 amide bonds. The summed E-state index contributed by atoms with van der Waals surface area (Å²) in [4.78, 5) is 16.9. The van der Waals surface area contributed by atoms with Gasteiger partial charge in [-0.25, -0.2) is 4.98 Å². The Kier molecular flexibility index (Phi) is 5.08. The van der Waals surface area contributed by atoms with Gasteiger partial charge in [-0.1, -0.05) is 18.2 Å². The van der Waals surface area contributed by atoms with Crippen LogP contribution in [0.25, 0.3) is 16.6 Å². The maximum absolute atomic E-state index is 12.5. The van der Waals surface area contributed by atoms with E-state index in [1.54, 1.807) is 11.3 Å². The largest absolute Gasteiger partial charge is 0.321 e. The molecule has 0 unspecified atom stereocenters. The van der Waals surface area contributed by atoms with E-state index in [0.29, 0.717) is 5.69 Å². The molecule has 0 fully saturated rings. The van der Waals surface area contributed by atoms with E-state index in [0.717, 1.165) is 27.4 Å². The Bertz CT molecular complexity index is 958. The smallest absolute Gasteiger partial charge is 0.266 e. The maximum Gasteiger partial charge on any atom is 0.266 e. The second-order valence-corrected chi connectivity index (χ2v) is 7.12. The molecule has 0 saturated heterocycles. The summed E-state index contributed by atoms with van der Waals surface area (Å²) in [5.41, 5.74) is 4.35. The average Bonchev–Trinajstić information content (AvgIpc) is 3.27. The van der Waals surface area contributed by atoms with Crippen LogP contribution >= 0.6 is 22.7 Å². The lowest BCUT2D eigenvalue weighted by molar-refractivity contribution is -0.112. The zero-order valence-corrected chi connectivity index (χ0v) is 15.4. The molecule has 1 aromatic carbocycles. The van der Waals surface area contributed by atoms with Crippen LogP contribution in [0.3, 0.4) is 0 Å². The van der Waals surface area contributed by atoms with Gasteiger partial charge >= 0.3 is 0 Å². The number of thiophene rings is 1. The van der Waals surface area contributed by atoms with E-state index in [-0.39, 0.29) is 5.57 Å². The van der Waals surface area contributed by atoms with E-state index in [1.165, 1.54) is 17.4 Å². The van der Waals surface area contributed by atoms with Gasteiger partial charge < -0.3 is 5.32 Å². The van der Waals surface area contributed by atoms with E-state index in [1.807, 2.05) is 60.3 Å². The number of nitrogens with one attached hydrogen (secondary N) is 1. The topological polar surface area (TPSA) is 65.8 Å². The van der Waals surface area contributed by atoms with Crippen molar-refractivity contribution in [3.05, 3.63) is 62.8 Å². The highest BCUT2D eigenvalue weighted by molar-refractivity contribution is 7.14. The number of hydrogen-bond donors (Lipinski definition) is 1. The Labute approximate surface area is 154 Å². The van der Waals surface area contributed by atoms with Gasteiger partial charge in [-0.2, -0.15) is 16.6 Å². The molecule has 0 bridgehead atoms. The number of thiazole rings is 1. The summed E-state index contributed by atoms with van der Waals surface area (Å²) in [7, 11) is 0. The minimum absolute atomic E-state index is 0.0322. The number of nitrogens with zero attached hydrogens (tertiary/aromatic N) is 2. The molecule has 3 rings (SSSR count). The lowest BCUT2D eigenvalue weighted by atomic mass is 10.1. The quantitative estimate of drug-likeness (QED) is 0.521. The second kappa shape index (κ2) is 7.43. The molecule has 0 saturated carbocycles. The number of aryl methyl sites for hydroxylation is 2. The zero-order chi connectivity index (χ0) is 17.8. The number of carbonyl (C=O) groups is 1. The molecule has 4 nitrogen and oxygen atoms in total. The van der Waals surface area contributed by atoms with Crippen molar-refractivity contribution >= 4 is 40.3 Å². The lowest BCUT2D eigenvalue weighted by Crippen LogP contribution is -2.15. The normalized spacial score (nSPS) is 11.2. The van der Waals surface area contributed by atoms with Crippen LogP contribution in [0.5, 0.6) is 0 Å². The van der Waals surface area contributed by atoms with Crippen molar-refractivity contribution in [2.75, 3.05) is 5.32 Å². The molecule has 124 valence electrons. The van der Waals surface area contributed by atoms with Crippen molar-refractivity contribution in [2.45, 2.75) is 13.8 Å². The van der Waals surface area contributed by atoms with Gasteiger partial charge in [-0.3, -0.25) is 4.79 Å². The van der Waals surface area contributed by atoms with Gasteiger partial charge in [0.25, 0.3) is 5.91 Å². The number of hydrogen-bond acceptors (Lipinski definition) is 5. The van der Waals surface area contributed by atoms with Crippen LogP contribution in [-0.2, 0) is 4.79 Å². The zero-order valence-electron chi connectivity index (χ0n) is 13.7. The van der Waals surface area contributed by atoms with Crippen molar-refractivity contribution in [1.82, 2.24) is 4.98 Å². The van der Waals surface area contributed by atoms with Gasteiger partial charge in [0, 0.05) is 22.0 Å². The average molecular weight is 365 g/mol. The third-order valence-electron chi connectivity index (χ3n) is 3.67. The number of rotatable bonds is 4. The van der Waals surface area contributed by atoms with Gasteiger partial charge in [0.15, 0.2) is 0 Å². The molecular formula is C19H15N3OS2. The first kappa shape index (κ1) is 17.1. The maximum atomic E-state index is 12.5. The summed E-state index contributed by atoms with van der Waals surface area (Å²) in [5.74, 6) is -0.426. The molecule has 2 aromatic heterocycles. The summed E-state index contributed by atoms with van der Waals surface area (Å²) in [6.45, 7) is 3.85. The van der Waals surface area contributed by atoms with Crippen molar-refractivity contribution in [2.24, 2.45) is 0 Å². The predicted octanol–water partition coefficient (Wildman–Crippen LogP) is 5.03. The predicted molar refractivity (Wildman–Crippen MR) is 104 cm³/mol. The first-order chi connectivity index (χ1) is 12.1. The molecule has 0 atom stereocenters. The van der Waals surface area contributed by atoms with Crippen molar-refractivity contribution in [3.8, 4) is 16.6 Å². The fourth-order valence-corrected chi connectivity index (χ4v) is 3.85. The van der Waals surface area contributed by atoms with Crippen LogP contribution < -0.4 is 5.32 Å². The fourth-order valence-electron chi connectivity index (χ4n) is 2.36. The number of anilines is 1. The summed E-state index contributed by atoms with van der Waals surface area (Å²) >= 11 is 3.10. The minimum atomic E-state index is -0.426. The minimum Gasteiger partial charge on any atom is -0.321 e. The Morgan fingerprint density at radius 1 is 1.24 bits per heavy atom. The Morgan fingerprint density at radius 2 is 2.00 bits per heavy atom. The Morgan fingerprint density at radius 3 is 2.64 bits per heavy atom. The molecule has 0 spiro atoms. The van der Waals surface area contributed by atoms with Crippen LogP contribution in [0.15, 0.2) is 46.0 Å². The monoisotopic (exact) mass is 365 g/mol. The van der Waals surface area contributed by atoms with Crippen molar-refractivity contribution < 1.29 is 4.79 Å². The number of benzene rings is 1. The van der Waals surface area contributed by atoms with Crippen LogP contribution in [0.2, 0.25) is 0 Å². The lowest BCUT2D eigenvalue weighted by Gasteiger charge is -2.10. The summed E-state index contributed by atoms with van der Waals surface area (Å²) < 4.78 is 0. The van der Waals surface area contributed by atoms with E-state index in [9.17, 15) is 10.1 Å². The second-order valence-electron chi connectivity index (χ2n) is 5.48. The SMILES string of the molecule is Cc1cccc(C)c1NC(=O)/C(C#N)=C\c1csc(-c2ccsc2)n1. The molecule has 3 aromatic rings. The number of nitriles is 1. The van der Waals surface area contributed by atoms with E-state index >= 15 is 0 Å². The Hall–Kier alpha value is -2.75. The summed E-state index contributed by atoms with van der Waals surface area (Å²) in [5, 5.41) is 18.9. The molecule has 0 aliphatic rings. The highest BCUT2D eigenvalue weighted by atomic mass is 32.1. The van der Waals surface area contributed by atoms with E-state index < -0.39 is 5.91 Å². The van der Waals surface area contributed by atoms with E-state index in [4.69, 9.17) is 0 Å². The molecule has 2 heterocycles. The Balaban J connectivity index is 1.83. The van der Waals surface area contributed by atoms with Crippen LogP contribution in [0.1, 0.15) is 16.8 Å². The number of amides is 1. The molecule has 0 aliphatic carbocycles. The highest BCUT2D eigenvalue weighted by Crippen LogP contribution is 2.26. The first-order valence-electron chi connectivity index (χ1n) is 7.56.